The predicted octanol–water partition coefficient (Wildman–Crippen LogP) is 5.58. The summed E-state index contributed by atoms with van der Waals surface area (Å²) in [6, 6.07) is 10.1. The molecule has 2 aromatic carbocycles. The van der Waals surface area contributed by atoms with Crippen molar-refractivity contribution < 1.29 is 28.6 Å². The number of rotatable bonds is 10. The van der Waals surface area contributed by atoms with Crippen LogP contribution >= 0.6 is 0 Å². The Morgan fingerprint density at radius 2 is 1.83 bits per heavy atom. The molecule has 1 amide bonds. The van der Waals surface area contributed by atoms with Crippen LogP contribution in [-0.4, -0.2) is 47.6 Å². The molecule has 0 radical (unpaired) electrons. The van der Waals surface area contributed by atoms with E-state index in [1.54, 1.807) is 30.3 Å². The number of benzene rings is 2. The Morgan fingerprint density at radius 3 is 2.46 bits per heavy atom. The smallest absolute Gasteiger partial charge is 0.295 e. The van der Waals surface area contributed by atoms with Gasteiger partial charge in [0, 0.05) is 24.3 Å². The molecule has 1 fully saturated rings. The van der Waals surface area contributed by atoms with E-state index in [0.29, 0.717) is 30.9 Å². The van der Waals surface area contributed by atoms with Crippen LogP contribution in [0.2, 0.25) is 0 Å². The van der Waals surface area contributed by atoms with Gasteiger partial charge in [0.05, 0.1) is 24.3 Å². The van der Waals surface area contributed by atoms with Gasteiger partial charge in [-0.15, -0.1) is 0 Å². The second-order valence-corrected chi connectivity index (χ2v) is 9.13. The Hall–Kier alpha value is -3.19. The average molecular weight is 484 g/mol. The molecule has 188 valence electrons. The number of ketones is 1. The normalized spacial score (nSPS) is 17.6. The number of hydrogen-bond acceptors (Lipinski definition) is 5. The highest BCUT2D eigenvalue weighted by atomic mass is 19.1. The van der Waals surface area contributed by atoms with Gasteiger partial charge in [-0.05, 0) is 62.9 Å². The first-order valence-corrected chi connectivity index (χ1v) is 12.1. The highest BCUT2D eigenvalue weighted by Gasteiger charge is 2.46. The molecule has 6 nitrogen and oxygen atoms in total. The molecule has 0 spiro atoms. The summed E-state index contributed by atoms with van der Waals surface area (Å²) in [6.07, 6.45) is 0.499. The zero-order valence-corrected chi connectivity index (χ0v) is 21.0. The van der Waals surface area contributed by atoms with Crippen LogP contribution in [0, 0.1) is 5.82 Å². The Kier molecular flexibility index (Phi) is 8.67. The molecule has 1 saturated heterocycles. The van der Waals surface area contributed by atoms with Crippen molar-refractivity contribution in [2.45, 2.75) is 59.1 Å². The quantitative estimate of drug-likeness (QED) is 0.207. The number of amides is 1. The molecule has 7 heteroatoms. The SMILES string of the molecule is CCOc1ccc(/C(O)=C2\C(=O)C(=O)N(CCCOC(C)C)C2c2ccccc2F)cc1C(C)C. The maximum atomic E-state index is 14.9. The third-order valence-corrected chi connectivity index (χ3v) is 5.94. The van der Waals surface area contributed by atoms with E-state index in [2.05, 4.69) is 0 Å². The van der Waals surface area contributed by atoms with Crippen molar-refractivity contribution >= 4 is 17.4 Å². The maximum Gasteiger partial charge on any atom is 0.295 e. The topological polar surface area (TPSA) is 76.1 Å². The minimum atomic E-state index is -1.04. The summed E-state index contributed by atoms with van der Waals surface area (Å²) in [4.78, 5) is 27.5. The van der Waals surface area contributed by atoms with Crippen molar-refractivity contribution in [1.82, 2.24) is 4.90 Å². The fourth-order valence-corrected chi connectivity index (χ4v) is 4.27. The summed E-state index contributed by atoms with van der Waals surface area (Å²) in [7, 11) is 0. The van der Waals surface area contributed by atoms with Gasteiger partial charge in [-0.1, -0.05) is 32.0 Å². The first kappa shape index (κ1) is 26.4. The van der Waals surface area contributed by atoms with Crippen LogP contribution in [0.25, 0.3) is 5.76 Å². The highest BCUT2D eigenvalue weighted by molar-refractivity contribution is 6.46. The van der Waals surface area contributed by atoms with Crippen LogP contribution in [0.4, 0.5) is 4.39 Å². The van der Waals surface area contributed by atoms with Gasteiger partial charge in [-0.3, -0.25) is 9.59 Å². The number of Topliss-reactive ketones (excluding diaryl/α,β-unsaturated/α-hetero) is 1. The van der Waals surface area contributed by atoms with E-state index in [1.165, 1.54) is 17.0 Å². The largest absolute Gasteiger partial charge is 0.507 e. The molecule has 1 aliphatic heterocycles. The summed E-state index contributed by atoms with van der Waals surface area (Å²) in [5.41, 5.74) is 1.27. The molecule has 35 heavy (non-hydrogen) atoms. The van der Waals surface area contributed by atoms with Gasteiger partial charge in [0.2, 0.25) is 0 Å². The fraction of sp³-hybridized carbons (Fsp3) is 0.429. The van der Waals surface area contributed by atoms with Gasteiger partial charge in [0.25, 0.3) is 11.7 Å². The van der Waals surface area contributed by atoms with Crippen LogP contribution in [0.3, 0.4) is 0 Å². The number of aliphatic hydroxyl groups excluding tert-OH is 1. The van der Waals surface area contributed by atoms with Crippen LogP contribution in [-0.2, 0) is 14.3 Å². The minimum Gasteiger partial charge on any atom is -0.507 e. The molecule has 0 aliphatic carbocycles. The van der Waals surface area contributed by atoms with Crippen molar-refractivity contribution in [3.8, 4) is 5.75 Å². The Bertz CT molecular complexity index is 1110. The summed E-state index contributed by atoms with van der Waals surface area (Å²) in [5.74, 6) is -1.70. The lowest BCUT2D eigenvalue weighted by Gasteiger charge is -2.26. The lowest BCUT2D eigenvalue weighted by Crippen LogP contribution is -2.31. The molecule has 1 aliphatic rings. The number of nitrogens with zero attached hydrogens (tertiary/aromatic N) is 1. The van der Waals surface area contributed by atoms with Gasteiger partial charge in [-0.2, -0.15) is 0 Å². The predicted molar refractivity (Wildman–Crippen MR) is 133 cm³/mol. The molecule has 0 saturated carbocycles. The molecule has 1 N–H and O–H groups in total. The molecular formula is C28H34FNO5. The first-order valence-electron chi connectivity index (χ1n) is 12.1. The molecule has 0 aromatic heterocycles. The van der Waals surface area contributed by atoms with Crippen LogP contribution in [0.15, 0.2) is 48.0 Å². The summed E-state index contributed by atoms with van der Waals surface area (Å²) in [5, 5.41) is 11.3. The molecule has 0 bridgehead atoms. The number of aliphatic hydroxyl groups is 1. The van der Waals surface area contributed by atoms with Crippen molar-refractivity contribution in [3.05, 3.63) is 70.5 Å². The zero-order chi connectivity index (χ0) is 25.7. The number of carbonyl (C=O) groups is 2. The monoisotopic (exact) mass is 483 g/mol. The number of likely N-dealkylation sites (tertiary alicyclic amines) is 1. The Morgan fingerprint density at radius 1 is 1.11 bits per heavy atom. The first-order chi connectivity index (χ1) is 16.7. The van der Waals surface area contributed by atoms with Crippen molar-refractivity contribution in [2.24, 2.45) is 0 Å². The van der Waals surface area contributed by atoms with E-state index < -0.39 is 23.5 Å². The standard InChI is InChI=1S/C28H34FNO5/c1-6-34-23-13-12-19(16-21(23)17(2)3)26(31)24-25(20-10-7-8-11-22(20)29)30(28(33)27(24)32)14-9-15-35-18(4)5/h7-8,10-13,16-18,25,31H,6,9,14-15H2,1-5H3/b26-24+. The van der Waals surface area contributed by atoms with Crippen LogP contribution in [0.5, 0.6) is 5.75 Å². The van der Waals surface area contributed by atoms with Gasteiger partial charge in [0.15, 0.2) is 0 Å². The van der Waals surface area contributed by atoms with E-state index in [4.69, 9.17) is 9.47 Å². The van der Waals surface area contributed by atoms with Gasteiger partial charge in [-0.25, -0.2) is 4.39 Å². The van der Waals surface area contributed by atoms with Crippen molar-refractivity contribution in [3.63, 3.8) is 0 Å². The molecule has 2 aromatic rings. The third-order valence-electron chi connectivity index (χ3n) is 5.94. The van der Waals surface area contributed by atoms with E-state index in [1.807, 2.05) is 34.6 Å². The third kappa shape index (κ3) is 5.73. The zero-order valence-electron chi connectivity index (χ0n) is 21.0. The number of halogens is 1. The molecule has 1 heterocycles. The van der Waals surface area contributed by atoms with Crippen molar-refractivity contribution in [2.75, 3.05) is 19.8 Å². The van der Waals surface area contributed by atoms with E-state index in [-0.39, 0.29) is 35.5 Å². The molecule has 1 unspecified atom stereocenters. The lowest BCUT2D eigenvalue weighted by atomic mass is 9.93. The Labute approximate surface area is 206 Å². The van der Waals surface area contributed by atoms with Gasteiger partial charge >= 0.3 is 0 Å². The molecule has 3 rings (SSSR count). The van der Waals surface area contributed by atoms with Gasteiger partial charge < -0.3 is 19.5 Å². The van der Waals surface area contributed by atoms with E-state index >= 15 is 0 Å². The number of hydrogen-bond donors (Lipinski definition) is 1. The average Bonchev–Trinajstić information content (AvgIpc) is 3.06. The second kappa shape index (κ2) is 11.5. The number of carbonyl (C=O) groups excluding carboxylic acids is 2. The lowest BCUT2D eigenvalue weighted by molar-refractivity contribution is -0.140. The Balaban J connectivity index is 2.10. The van der Waals surface area contributed by atoms with Crippen molar-refractivity contribution in [1.29, 1.82) is 0 Å². The van der Waals surface area contributed by atoms with Crippen LogP contribution < -0.4 is 4.74 Å². The summed E-state index contributed by atoms with van der Waals surface area (Å²) >= 11 is 0. The fourth-order valence-electron chi connectivity index (χ4n) is 4.27. The second-order valence-electron chi connectivity index (χ2n) is 9.13. The van der Waals surface area contributed by atoms with E-state index in [9.17, 15) is 19.1 Å². The summed E-state index contributed by atoms with van der Waals surface area (Å²) < 4.78 is 26.2. The highest BCUT2D eigenvalue weighted by Crippen LogP contribution is 2.41. The minimum absolute atomic E-state index is 0.0302. The summed E-state index contributed by atoms with van der Waals surface area (Å²) in [6.45, 7) is 10.8. The molecular weight excluding hydrogens is 449 g/mol. The maximum absolute atomic E-state index is 14.9. The number of ether oxygens (including phenoxy) is 2. The van der Waals surface area contributed by atoms with Crippen LogP contribution in [0.1, 0.15) is 69.7 Å². The van der Waals surface area contributed by atoms with Gasteiger partial charge in [0.1, 0.15) is 17.3 Å². The molecule has 1 atom stereocenters. The van der Waals surface area contributed by atoms with E-state index in [0.717, 1.165) is 5.56 Å².